The summed E-state index contributed by atoms with van der Waals surface area (Å²) in [5, 5.41) is 12.5. The molecule has 2 fully saturated rings. The van der Waals surface area contributed by atoms with Crippen LogP contribution in [0.4, 0.5) is 5.82 Å². The summed E-state index contributed by atoms with van der Waals surface area (Å²) in [6.07, 6.45) is 4.33. The first kappa shape index (κ1) is 24.3. The highest BCUT2D eigenvalue weighted by Crippen LogP contribution is 2.35. The van der Waals surface area contributed by atoms with Gasteiger partial charge in [-0.05, 0) is 44.7 Å². The van der Waals surface area contributed by atoms with E-state index in [2.05, 4.69) is 26.3 Å². The van der Waals surface area contributed by atoms with Gasteiger partial charge in [0.2, 0.25) is 0 Å². The van der Waals surface area contributed by atoms with Gasteiger partial charge in [0.25, 0.3) is 0 Å². The number of nitrogens with zero attached hydrogens (tertiary/aromatic N) is 3. The number of halogens is 2. The highest BCUT2D eigenvalue weighted by atomic mass is 35.5. The quantitative estimate of drug-likeness (QED) is 0.588. The molecule has 0 unspecified atom stereocenters. The molecule has 0 atom stereocenters. The molecule has 156 valence electrons. The molecule has 7 nitrogen and oxygen atoms in total. The summed E-state index contributed by atoms with van der Waals surface area (Å²) in [7, 11) is 1.67. The second-order valence-electron chi connectivity index (χ2n) is 7.35. The Bertz CT molecular complexity index is 553. The number of aromatic nitrogens is 2. The van der Waals surface area contributed by atoms with Gasteiger partial charge in [0, 0.05) is 43.9 Å². The number of β-amino-alcohol motifs (C(OH)–C–C–N with tert-alkyl or cyclic N) is 1. The number of piperidine rings is 1. The first-order chi connectivity index (χ1) is 12.2. The average molecular weight is 422 g/mol. The molecule has 0 bridgehead atoms. The molecule has 27 heavy (non-hydrogen) atoms. The zero-order valence-electron chi connectivity index (χ0n) is 16.0. The maximum Gasteiger partial charge on any atom is 0.156 e. The maximum atomic E-state index is 9.03. The number of nitrogens with one attached hydrogen (secondary N) is 1. The Balaban J connectivity index is 0.00000182. The Hall–Kier alpha value is -0.700. The van der Waals surface area contributed by atoms with Crippen molar-refractivity contribution in [1.82, 2.24) is 14.9 Å². The largest absolute Gasteiger partial charge is 0.395 e. The van der Waals surface area contributed by atoms with Crippen LogP contribution in [0.5, 0.6) is 0 Å². The number of aliphatic hydroxyl groups is 1. The maximum absolute atomic E-state index is 9.03. The molecule has 2 heterocycles. The van der Waals surface area contributed by atoms with Crippen molar-refractivity contribution < 1.29 is 9.84 Å². The van der Waals surface area contributed by atoms with Crippen LogP contribution in [0.1, 0.15) is 43.1 Å². The highest BCUT2D eigenvalue weighted by molar-refractivity contribution is 5.85. The molecule has 1 aromatic rings. The molecule has 1 saturated carbocycles. The molecule has 3 rings (SSSR count). The van der Waals surface area contributed by atoms with Gasteiger partial charge in [0.1, 0.15) is 12.4 Å². The Morgan fingerprint density at radius 2 is 1.96 bits per heavy atom. The lowest BCUT2D eigenvalue weighted by atomic mass is 9.78. The van der Waals surface area contributed by atoms with Gasteiger partial charge in [-0.2, -0.15) is 0 Å². The summed E-state index contributed by atoms with van der Waals surface area (Å²) in [6, 6.07) is 2.39. The van der Waals surface area contributed by atoms with Gasteiger partial charge in [-0.15, -0.1) is 24.8 Å². The van der Waals surface area contributed by atoms with E-state index in [4.69, 9.17) is 15.6 Å². The smallest absolute Gasteiger partial charge is 0.156 e. The predicted molar refractivity (Wildman–Crippen MR) is 112 cm³/mol. The Labute approximate surface area is 174 Å². The second kappa shape index (κ2) is 12.0. The third-order valence-electron chi connectivity index (χ3n) is 5.35. The fourth-order valence-electron chi connectivity index (χ4n) is 3.72. The minimum Gasteiger partial charge on any atom is -0.395 e. The van der Waals surface area contributed by atoms with Crippen molar-refractivity contribution >= 4 is 30.6 Å². The van der Waals surface area contributed by atoms with Crippen LogP contribution in [0, 0.1) is 5.92 Å². The SMILES string of the molecule is COCc1nc(NCC2CCN(CCO)CC2)cc(C2CC(N)C2)n1.Cl.Cl. The van der Waals surface area contributed by atoms with Crippen LogP contribution in [0.25, 0.3) is 0 Å². The molecule has 1 aliphatic carbocycles. The topological polar surface area (TPSA) is 96.5 Å². The van der Waals surface area contributed by atoms with E-state index >= 15 is 0 Å². The predicted octanol–water partition coefficient (Wildman–Crippen LogP) is 1.79. The third kappa shape index (κ3) is 7.00. The normalized spacial score (nSPS) is 23.1. The number of rotatable bonds is 8. The molecule has 9 heteroatoms. The number of hydrogen-bond donors (Lipinski definition) is 3. The molecule has 0 spiro atoms. The highest BCUT2D eigenvalue weighted by Gasteiger charge is 2.29. The molecule has 1 aliphatic heterocycles. The Morgan fingerprint density at radius 1 is 1.26 bits per heavy atom. The van der Waals surface area contributed by atoms with E-state index in [0.717, 1.165) is 69.2 Å². The van der Waals surface area contributed by atoms with E-state index in [1.807, 2.05) is 0 Å². The summed E-state index contributed by atoms with van der Waals surface area (Å²) < 4.78 is 5.22. The number of ether oxygens (including phenoxy) is 1. The van der Waals surface area contributed by atoms with Crippen LogP contribution in [-0.4, -0.2) is 65.9 Å². The van der Waals surface area contributed by atoms with Gasteiger partial charge >= 0.3 is 0 Å². The van der Waals surface area contributed by atoms with Crippen molar-refractivity contribution in [2.24, 2.45) is 11.7 Å². The van der Waals surface area contributed by atoms with E-state index in [1.165, 1.54) is 0 Å². The first-order valence-corrected chi connectivity index (χ1v) is 9.37. The average Bonchev–Trinajstić information content (AvgIpc) is 2.59. The molecule has 2 aliphatic rings. The summed E-state index contributed by atoms with van der Waals surface area (Å²) in [4.78, 5) is 11.6. The van der Waals surface area contributed by atoms with Crippen molar-refractivity contribution in [1.29, 1.82) is 0 Å². The van der Waals surface area contributed by atoms with Crippen LogP contribution in [0.2, 0.25) is 0 Å². The lowest BCUT2D eigenvalue weighted by Crippen LogP contribution is -2.37. The second-order valence-corrected chi connectivity index (χ2v) is 7.35. The van der Waals surface area contributed by atoms with E-state index < -0.39 is 0 Å². The van der Waals surface area contributed by atoms with Gasteiger partial charge in [0.15, 0.2) is 5.82 Å². The van der Waals surface area contributed by atoms with E-state index in [9.17, 15) is 0 Å². The van der Waals surface area contributed by atoms with Crippen molar-refractivity contribution in [2.75, 3.05) is 45.2 Å². The molecule has 1 saturated heterocycles. The molecule has 1 aromatic heterocycles. The summed E-state index contributed by atoms with van der Waals surface area (Å²) in [5.74, 6) is 2.74. The number of nitrogens with two attached hydrogens (primary N) is 1. The minimum atomic E-state index is 0. The Morgan fingerprint density at radius 3 is 2.56 bits per heavy atom. The number of methoxy groups -OCH3 is 1. The van der Waals surface area contributed by atoms with E-state index in [1.54, 1.807) is 7.11 Å². The van der Waals surface area contributed by atoms with Crippen LogP contribution in [-0.2, 0) is 11.3 Å². The first-order valence-electron chi connectivity index (χ1n) is 9.37. The van der Waals surface area contributed by atoms with Crippen LogP contribution >= 0.6 is 24.8 Å². The van der Waals surface area contributed by atoms with Gasteiger partial charge in [-0.1, -0.05) is 0 Å². The zero-order valence-corrected chi connectivity index (χ0v) is 17.6. The molecular weight excluding hydrogens is 389 g/mol. The fourth-order valence-corrected chi connectivity index (χ4v) is 3.72. The third-order valence-corrected chi connectivity index (χ3v) is 5.35. The monoisotopic (exact) mass is 421 g/mol. The summed E-state index contributed by atoms with van der Waals surface area (Å²) >= 11 is 0. The molecular formula is C18H33Cl2N5O2. The molecule has 0 amide bonds. The van der Waals surface area contributed by atoms with Crippen LogP contribution in [0.3, 0.4) is 0 Å². The number of likely N-dealkylation sites (tertiary alicyclic amines) is 1. The summed E-state index contributed by atoms with van der Waals surface area (Å²) in [5.41, 5.74) is 7.01. The van der Waals surface area contributed by atoms with E-state index in [0.29, 0.717) is 24.5 Å². The minimum absolute atomic E-state index is 0. The number of aliphatic hydroxyl groups excluding tert-OH is 1. The number of anilines is 1. The number of hydrogen-bond acceptors (Lipinski definition) is 7. The van der Waals surface area contributed by atoms with Crippen molar-refractivity contribution in [2.45, 2.75) is 44.2 Å². The van der Waals surface area contributed by atoms with Crippen LogP contribution in [0.15, 0.2) is 6.07 Å². The van der Waals surface area contributed by atoms with Crippen molar-refractivity contribution in [3.05, 3.63) is 17.6 Å². The van der Waals surface area contributed by atoms with Gasteiger partial charge in [0.05, 0.1) is 6.61 Å². The molecule has 0 radical (unpaired) electrons. The summed E-state index contributed by atoms with van der Waals surface area (Å²) in [6.45, 7) is 4.54. The lowest BCUT2D eigenvalue weighted by Gasteiger charge is -2.33. The van der Waals surface area contributed by atoms with Crippen molar-refractivity contribution in [3.63, 3.8) is 0 Å². The van der Waals surface area contributed by atoms with Gasteiger partial charge < -0.3 is 25.8 Å². The van der Waals surface area contributed by atoms with E-state index in [-0.39, 0.29) is 31.4 Å². The molecule has 4 N–H and O–H groups in total. The Kier molecular flexibility index (Phi) is 10.8. The van der Waals surface area contributed by atoms with Gasteiger partial charge in [-0.3, -0.25) is 0 Å². The van der Waals surface area contributed by atoms with Crippen LogP contribution < -0.4 is 11.1 Å². The zero-order chi connectivity index (χ0) is 17.6. The van der Waals surface area contributed by atoms with Crippen molar-refractivity contribution in [3.8, 4) is 0 Å². The standard InChI is InChI=1S/C18H31N5O2.2ClH/c1-25-12-18-21-16(14-8-15(19)9-14)10-17(22-18)20-11-13-2-4-23(5-3-13)6-7-24;;/h10,13-15,24H,2-9,11-12,19H2,1H3,(H,20,21,22);2*1H. The fraction of sp³-hybridized carbons (Fsp3) is 0.778. The van der Waals surface area contributed by atoms with Gasteiger partial charge in [-0.25, -0.2) is 9.97 Å². The molecule has 0 aromatic carbocycles. The lowest BCUT2D eigenvalue weighted by molar-refractivity contribution is 0.151.